The van der Waals surface area contributed by atoms with Gasteiger partial charge in [-0.05, 0) is 35.9 Å². The van der Waals surface area contributed by atoms with Gasteiger partial charge in [-0.25, -0.2) is 0 Å². The van der Waals surface area contributed by atoms with Crippen molar-refractivity contribution in [1.82, 2.24) is 0 Å². The fourth-order valence-electron chi connectivity index (χ4n) is 2.45. The topological polar surface area (TPSA) is 20.3 Å². The molecule has 1 aliphatic heterocycles. The van der Waals surface area contributed by atoms with Gasteiger partial charge in [0.15, 0.2) is 0 Å². The third-order valence-corrected chi connectivity index (χ3v) is 4.19. The molecule has 0 unspecified atom stereocenters. The molecule has 2 heterocycles. The van der Waals surface area contributed by atoms with Gasteiger partial charge in [0.1, 0.15) is 0 Å². The molecule has 0 atom stereocenters. The Morgan fingerprint density at radius 1 is 1.22 bits per heavy atom. The maximum absolute atomic E-state index is 12.4. The van der Waals surface area contributed by atoms with Crippen LogP contribution < -0.4 is 4.90 Å². The quantitative estimate of drug-likeness (QED) is 0.808. The monoisotopic (exact) mass is 257 g/mol. The molecule has 1 aromatic heterocycles. The van der Waals surface area contributed by atoms with Gasteiger partial charge in [-0.1, -0.05) is 24.3 Å². The van der Waals surface area contributed by atoms with Gasteiger partial charge in [-0.3, -0.25) is 4.79 Å². The highest BCUT2D eigenvalue weighted by Crippen LogP contribution is 2.27. The Hall–Kier alpha value is -1.61. The molecule has 0 saturated heterocycles. The molecular formula is C15H15NOS. The van der Waals surface area contributed by atoms with Gasteiger partial charge in [0.05, 0.1) is 6.42 Å². The lowest BCUT2D eigenvalue weighted by atomic mass is 10.0. The molecule has 0 aliphatic carbocycles. The van der Waals surface area contributed by atoms with E-state index in [0.29, 0.717) is 6.42 Å². The van der Waals surface area contributed by atoms with Gasteiger partial charge < -0.3 is 4.90 Å². The molecule has 3 heteroatoms. The molecule has 1 aromatic carbocycles. The summed E-state index contributed by atoms with van der Waals surface area (Å²) in [6.07, 6.45) is 2.66. The number of carbonyl (C=O) groups is 1. The molecule has 0 fully saturated rings. The van der Waals surface area contributed by atoms with Crippen molar-refractivity contribution in [3.8, 4) is 0 Å². The van der Waals surface area contributed by atoms with Crippen LogP contribution in [-0.2, 0) is 17.6 Å². The van der Waals surface area contributed by atoms with Crippen LogP contribution in [0.25, 0.3) is 0 Å². The summed E-state index contributed by atoms with van der Waals surface area (Å²) in [6.45, 7) is 0.848. The van der Waals surface area contributed by atoms with Crippen molar-refractivity contribution in [2.24, 2.45) is 0 Å². The molecule has 0 radical (unpaired) electrons. The van der Waals surface area contributed by atoms with Crippen LogP contribution in [-0.4, -0.2) is 12.5 Å². The first-order chi connectivity index (χ1) is 8.84. The van der Waals surface area contributed by atoms with Crippen LogP contribution in [0.1, 0.15) is 16.9 Å². The molecule has 1 aliphatic rings. The summed E-state index contributed by atoms with van der Waals surface area (Å²) >= 11 is 1.65. The number of benzene rings is 1. The van der Waals surface area contributed by atoms with E-state index in [2.05, 4.69) is 12.1 Å². The zero-order valence-corrected chi connectivity index (χ0v) is 11.0. The highest BCUT2D eigenvalue weighted by Gasteiger charge is 2.22. The minimum Gasteiger partial charge on any atom is -0.312 e. The first kappa shape index (κ1) is 11.5. The average molecular weight is 257 g/mol. The predicted octanol–water partition coefficient (Wildman–Crippen LogP) is 3.27. The number of aryl methyl sites for hydroxylation is 1. The fourth-order valence-corrected chi connectivity index (χ4v) is 3.15. The van der Waals surface area contributed by atoms with Crippen molar-refractivity contribution in [3.63, 3.8) is 0 Å². The molecule has 18 heavy (non-hydrogen) atoms. The number of para-hydroxylation sites is 1. The van der Waals surface area contributed by atoms with Crippen LogP contribution in [0.5, 0.6) is 0 Å². The first-order valence-corrected chi connectivity index (χ1v) is 7.13. The summed E-state index contributed by atoms with van der Waals surface area (Å²) in [5.41, 5.74) is 2.40. The lowest BCUT2D eigenvalue weighted by molar-refractivity contribution is -0.118. The second-order valence-corrected chi connectivity index (χ2v) is 5.57. The molecule has 0 spiro atoms. The van der Waals surface area contributed by atoms with Gasteiger partial charge in [-0.15, -0.1) is 11.3 Å². The molecular weight excluding hydrogens is 242 g/mol. The van der Waals surface area contributed by atoms with E-state index in [1.165, 1.54) is 5.56 Å². The molecule has 0 saturated carbocycles. The van der Waals surface area contributed by atoms with Crippen molar-refractivity contribution in [1.29, 1.82) is 0 Å². The van der Waals surface area contributed by atoms with Gasteiger partial charge in [0, 0.05) is 17.1 Å². The van der Waals surface area contributed by atoms with Crippen LogP contribution >= 0.6 is 11.3 Å². The van der Waals surface area contributed by atoms with Crippen molar-refractivity contribution in [3.05, 3.63) is 52.2 Å². The molecule has 3 rings (SSSR count). The van der Waals surface area contributed by atoms with Gasteiger partial charge >= 0.3 is 0 Å². The van der Waals surface area contributed by atoms with Crippen LogP contribution in [0, 0.1) is 0 Å². The predicted molar refractivity (Wildman–Crippen MR) is 75.1 cm³/mol. The zero-order valence-electron chi connectivity index (χ0n) is 10.1. The van der Waals surface area contributed by atoms with E-state index >= 15 is 0 Å². The maximum Gasteiger partial charge on any atom is 0.232 e. The van der Waals surface area contributed by atoms with E-state index in [-0.39, 0.29) is 5.91 Å². The van der Waals surface area contributed by atoms with E-state index in [4.69, 9.17) is 0 Å². The van der Waals surface area contributed by atoms with Crippen LogP contribution in [0.2, 0.25) is 0 Å². The van der Waals surface area contributed by atoms with Gasteiger partial charge in [-0.2, -0.15) is 0 Å². The van der Waals surface area contributed by atoms with Crippen LogP contribution in [0.4, 0.5) is 5.69 Å². The largest absolute Gasteiger partial charge is 0.312 e. The minimum atomic E-state index is 0.213. The summed E-state index contributed by atoms with van der Waals surface area (Å²) in [6, 6.07) is 12.3. The zero-order chi connectivity index (χ0) is 12.4. The smallest absolute Gasteiger partial charge is 0.232 e. The number of fused-ring (bicyclic) bond motifs is 1. The number of thiophene rings is 1. The highest BCUT2D eigenvalue weighted by atomic mass is 32.1. The van der Waals surface area contributed by atoms with Crippen molar-refractivity contribution in [2.75, 3.05) is 11.4 Å². The maximum atomic E-state index is 12.4. The number of rotatable bonds is 2. The Morgan fingerprint density at radius 2 is 2.11 bits per heavy atom. The summed E-state index contributed by atoms with van der Waals surface area (Å²) in [7, 11) is 0. The van der Waals surface area contributed by atoms with E-state index in [0.717, 1.165) is 30.0 Å². The number of anilines is 1. The Labute approximate surface area is 111 Å². The Morgan fingerprint density at radius 3 is 2.94 bits per heavy atom. The van der Waals surface area contributed by atoms with Crippen LogP contribution in [0.3, 0.4) is 0 Å². The average Bonchev–Trinajstić information content (AvgIpc) is 2.91. The Bertz CT molecular complexity index is 547. The Kier molecular flexibility index (Phi) is 3.15. The molecule has 2 aromatic rings. The SMILES string of the molecule is O=C(Cc1cccs1)N1CCCc2ccccc21. The first-order valence-electron chi connectivity index (χ1n) is 6.25. The second-order valence-electron chi connectivity index (χ2n) is 4.53. The second kappa shape index (κ2) is 4.94. The lowest BCUT2D eigenvalue weighted by Crippen LogP contribution is -2.36. The highest BCUT2D eigenvalue weighted by molar-refractivity contribution is 7.10. The molecule has 92 valence electrons. The number of amides is 1. The van der Waals surface area contributed by atoms with Crippen molar-refractivity contribution >= 4 is 22.9 Å². The Balaban J connectivity index is 1.83. The van der Waals surface area contributed by atoms with Gasteiger partial charge in [0.2, 0.25) is 5.91 Å². The molecule has 2 nitrogen and oxygen atoms in total. The lowest BCUT2D eigenvalue weighted by Gasteiger charge is -2.29. The normalized spacial score (nSPS) is 14.3. The van der Waals surface area contributed by atoms with Gasteiger partial charge in [0.25, 0.3) is 0 Å². The number of hydrogen-bond acceptors (Lipinski definition) is 2. The number of nitrogens with zero attached hydrogens (tertiary/aromatic N) is 1. The summed E-state index contributed by atoms with van der Waals surface area (Å²) < 4.78 is 0. The summed E-state index contributed by atoms with van der Waals surface area (Å²) in [5, 5.41) is 2.02. The standard InChI is InChI=1S/C15H15NOS/c17-15(11-13-7-4-10-18-13)16-9-3-6-12-5-1-2-8-14(12)16/h1-2,4-5,7-8,10H,3,6,9,11H2. The third-order valence-electron chi connectivity index (χ3n) is 3.32. The fraction of sp³-hybridized carbons (Fsp3) is 0.267. The number of carbonyl (C=O) groups excluding carboxylic acids is 1. The van der Waals surface area contributed by atoms with E-state index in [1.54, 1.807) is 11.3 Å². The minimum absolute atomic E-state index is 0.213. The van der Waals surface area contributed by atoms with Crippen molar-refractivity contribution in [2.45, 2.75) is 19.3 Å². The molecule has 1 amide bonds. The number of hydrogen-bond donors (Lipinski definition) is 0. The summed E-state index contributed by atoms with van der Waals surface area (Å²) in [5.74, 6) is 0.213. The van der Waals surface area contributed by atoms with Crippen LogP contribution in [0.15, 0.2) is 41.8 Å². The molecule has 0 N–H and O–H groups in total. The van der Waals surface area contributed by atoms with E-state index in [1.807, 2.05) is 34.5 Å². The third kappa shape index (κ3) is 2.18. The molecule has 0 bridgehead atoms. The van der Waals surface area contributed by atoms with E-state index in [9.17, 15) is 4.79 Å². The van der Waals surface area contributed by atoms with E-state index < -0.39 is 0 Å². The summed E-state index contributed by atoms with van der Waals surface area (Å²) in [4.78, 5) is 15.4. The van der Waals surface area contributed by atoms with Crippen molar-refractivity contribution < 1.29 is 4.79 Å².